The van der Waals surface area contributed by atoms with Gasteiger partial charge in [0, 0.05) is 12.7 Å². The maximum atomic E-state index is 13.5. The Labute approximate surface area is 288 Å². The first-order valence-electron chi connectivity index (χ1n) is 16.3. The smallest absolute Gasteiger partial charge is 0.408 e. The van der Waals surface area contributed by atoms with Crippen molar-refractivity contribution in [2.45, 2.75) is 90.6 Å². The van der Waals surface area contributed by atoms with Gasteiger partial charge in [-0.05, 0) is 77.6 Å². The van der Waals surface area contributed by atoms with Crippen LogP contribution in [-0.4, -0.2) is 71.2 Å². The standard InChI is InChI=1S/C36H49N5O8/c1-8-48-32(43)29(26-16-18-28(46-7)19-17-26)15-12-20-41-22-27(21-37-41)38-31(42)30(24-47-23-25-13-10-9-11-14-25)39-33(44)36(5,6)40-34(45)49-35(2,3)4/h9-11,13-14,16-19,21-22,29-30H,8,12,15,20,23-24H2,1-7H3,(H,38,42)(H,39,44)(H,40,45)/t29?,30-/m1/s1. The van der Waals surface area contributed by atoms with Crippen molar-refractivity contribution in [3.63, 3.8) is 0 Å². The summed E-state index contributed by atoms with van der Waals surface area (Å²) < 4.78 is 23.3. The number of alkyl carbamates (subject to hydrolysis) is 1. The maximum Gasteiger partial charge on any atom is 0.408 e. The third-order valence-electron chi connectivity index (χ3n) is 7.27. The molecule has 0 saturated carbocycles. The van der Waals surface area contributed by atoms with Crippen LogP contribution in [0.1, 0.15) is 71.4 Å². The number of esters is 1. The van der Waals surface area contributed by atoms with Gasteiger partial charge in [-0.25, -0.2) is 4.79 Å². The minimum Gasteiger partial charge on any atom is -0.497 e. The minimum atomic E-state index is -1.40. The number of ether oxygens (including phenoxy) is 4. The van der Waals surface area contributed by atoms with E-state index in [2.05, 4.69) is 21.0 Å². The van der Waals surface area contributed by atoms with Crippen LogP contribution in [0.5, 0.6) is 5.75 Å². The molecule has 1 aromatic heterocycles. The molecule has 0 radical (unpaired) electrons. The van der Waals surface area contributed by atoms with E-state index in [4.69, 9.17) is 18.9 Å². The van der Waals surface area contributed by atoms with Gasteiger partial charge in [-0.2, -0.15) is 5.10 Å². The number of methoxy groups -OCH3 is 1. The Hall–Kier alpha value is -4.91. The van der Waals surface area contributed by atoms with Crippen molar-refractivity contribution >= 4 is 29.6 Å². The van der Waals surface area contributed by atoms with Crippen LogP contribution in [0.3, 0.4) is 0 Å². The molecule has 2 atom stereocenters. The summed E-state index contributed by atoms with van der Waals surface area (Å²) in [6.07, 6.45) is 3.53. The van der Waals surface area contributed by atoms with Gasteiger partial charge in [0.15, 0.2) is 0 Å². The van der Waals surface area contributed by atoms with Gasteiger partial charge < -0.3 is 34.9 Å². The number of hydrogen-bond donors (Lipinski definition) is 3. The number of benzene rings is 2. The Morgan fingerprint density at radius 1 is 0.959 bits per heavy atom. The molecule has 0 fully saturated rings. The average molecular weight is 680 g/mol. The molecule has 0 saturated heterocycles. The minimum absolute atomic E-state index is 0.135. The molecule has 0 aliphatic rings. The van der Waals surface area contributed by atoms with Gasteiger partial charge in [0.1, 0.15) is 22.9 Å². The highest BCUT2D eigenvalue weighted by Gasteiger charge is 2.34. The lowest BCUT2D eigenvalue weighted by Crippen LogP contribution is -2.59. The number of carbonyl (C=O) groups excluding carboxylic acids is 4. The van der Waals surface area contributed by atoms with Crippen molar-refractivity contribution in [3.8, 4) is 5.75 Å². The van der Waals surface area contributed by atoms with E-state index in [1.54, 1.807) is 45.7 Å². The van der Waals surface area contributed by atoms with E-state index < -0.39 is 41.0 Å². The summed E-state index contributed by atoms with van der Waals surface area (Å²) in [4.78, 5) is 51.9. The quantitative estimate of drug-likeness (QED) is 0.168. The molecule has 3 N–H and O–H groups in total. The Morgan fingerprint density at radius 2 is 1.65 bits per heavy atom. The second-order valence-corrected chi connectivity index (χ2v) is 13.0. The Morgan fingerprint density at radius 3 is 2.29 bits per heavy atom. The lowest BCUT2D eigenvalue weighted by atomic mass is 9.94. The monoisotopic (exact) mass is 679 g/mol. The van der Waals surface area contributed by atoms with Crippen LogP contribution in [0.15, 0.2) is 67.0 Å². The van der Waals surface area contributed by atoms with Crippen LogP contribution >= 0.6 is 0 Å². The van der Waals surface area contributed by atoms with E-state index >= 15 is 0 Å². The first-order chi connectivity index (χ1) is 23.2. The van der Waals surface area contributed by atoms with Crippen molar-refractivity contribution in [1.82, 2.24) is 20.4 Å². The third-order valence-corrected chi connectivity index (χ3v) is 7.27. The van der Waals surface area contributed by atoms with E-state index in [0.29, 0.717) is 30.8 Å². The molecular formula is C36H49N5O8. The summed E-state index contributed by atoms with van der Waals surface area (Å²) in [5, 5.41) is 12.4. The van der Waals surface area contributed by atoms with Gasteiger partial charge in [-0.3, -0.25) is 19.1 Å². The molecule has 3 aromatic rings. The number of rotatable bonds is 17. The average Bonchev–Trinajstić information content (AvgIpc) is 3.48. The third kappa shape index (κ3) is 12.9. The number of anilines is 1. The summed E-state index contributed by atoms with van der Waals surface area (Å²) in [5.41, 5.74) is -0.0135. The second kappa shape index (κ2) is 18.0. The van der Waals surface area contributed by atoms with Crippen LogP contribution in [-0.2, 0) is 41.7 Å². The van der Waals surface area contributed by atoms with Gasteiger partial charge in [0.05, 0.1) is 44.7 Å². The van der Waals surface area contributed by atoms with Gasteiger partial charge in [-0.15, -0.1) is 0 Å². The number of carbonyl (C=O) groups is 4. The summed E-state index contributed by atoms with van der Waals surface area (Å²) in [5.74, 6) is -1.19. The zero-order valence-electron chi connectivity index (χ0n) is 29.4. The number of nitrogens with zero attached hydrogens (tertiary/aromatic N) is 2. The predicted octanol–water partition coefficient (Wildman–Crippen LogP) is 4.96. The van der Waals surface area contributed by atoms with Gasteiger partial charge in [-0.1, -0.05) is 42.5 Å². The SMILES string of the molecule is CCOC(=O)C(CCCn1cc(NC(=O)[C@@H](COCc2ccccc2)NC(=O)C(C)(C)NC(=O)OC(C)(C)C)cn1)c1ccc(OC)cc1. The molecule has 0 aliphatic carbocycles. The van der Waals surface area contributed by atoms with E-state index in [0.717, 1.165) is 11.1 Å². The number of hydrogen-bond acceptors (Lipinski definition) is 9. The zero-order valence-corrected chi connectivity index (χ0v) is 29.4. The first-order valence-corrected chi connectivity index (χ1v) is 16.3. The fraction of sp³-hybridized carbons (Fsp3) is 0.472. The number of aryl methyl sites for hydroxylation is 1. The van der Waals surface area contributed by atoms with Crippen molar-refractivity contribution in [1.29, 1.82) is 0 Å². The molecule has 1 heterocycles. The summed E-state index contributed by atoms with van der Waals surface area (Å²) >= 11 is 0. The highest BCUT2D eigenvalue weighted by atomic mass is 16.6. The van der Waals surface area contributed by atoms with Crippen LogP contribution < -0.4 is 20.7 Å². The van der Waals surface area contributed by atoms with E-state index in [1.807, 2.05) is 54.6 Å². The molecule has 2 aromatic carbocycles. The number of amides is 3. The van der Waals surface area contributed by atoms with E-state index in [1.165, 1.54) is 20.0 Å². The normalized spacial score (nSPS) is 12.7. The van der Waals surface area contributed by atoms with Crippen LogP contribution in [0.2, 0.25) is 0 Å². The lowest BCUT2D eigenvalue weighted by Gasteiger charge is -2.29. The van der Waals surface area contributed by atoms with Gasteiger partial charge in [0.2, 0.25) is 11.8 Å². The van der Waals surface area contributed by atoms with E-state index in [9.17, 15) is 19.2 Å². The van der Waals surface area contributed by atoms with Crippen LogP contribution in [0, 0.1) is 0 Å². The van der Waals surface area contributed by atoms with Gasteiger partial charge >= 0.3 is 12.1 Å². The Kier molecular flexibility index (Phi) is 14.2. The highest BCUT2D eigenvalue weighted by molar-refractivity contribution is 5.99. The highest BCUT2D eigenvalue weighted by Crippen LogP contribution is 2.26. The Balaban J connectivity index is 1.64. The molecule has 0 aliphatic heterocycles. The molecule has 0 bridgehead atoms. The zero-order chi connectivity index (χ0) is 36.0. The summed E-state index contributed by atoms with van der Waals surface area (Å²) in [6.45, 7) is 10.8. The summed E-state index contributed by atoms with van der Waals surface area (Å²) in [6, 6.07) is 15.7. The fourth-order valence-corrected chi connectivity index (χ4v) is 4.74. The molecule has 3 rings (SSSR count). The predicted molar refractivity (Wildman–Crippen MR) is 184 cm³/mol. The molecule has 13 heteroatoms. The molecular weight excluding hydrogens is 630 g/mol. The number of nitrogens with one attached hydrogen (secondary N) is 3. The second-order valence-electron chi connectivity index (χ2n) is 13.0. The van der Waals surface area contributed by atoms with Gasteiger partial charge in [0.25, 0.3) is 0 Å². The first kappa shape index (κ1) is 38.5. The van der Waals surface area contributed by atoms with Crippen LogP contribution in [0.25, 0.3) is 0 Å². The molecule has 1 unspecified atom stereocenters. The fourth-order valence-electron chi connectivity index (χ4n) is 4.74. The topological polar surface area (TPSA) is 159 Å². The summed E-state index contributed by atoms with van der Waals surface area (Å²) in [7, 11) is 1.59. The molecule has 49 heavy (non-hydrogen) atoms. The maximum absolute atomic E-state index is 13.5. The number of aromatic nitrogens is 2. The van der Waals surface area contributed by atoms with Crippen molar-refractivity contribution in [3.05, 3.63) is 78.1 Å². The lowest BCUT2D eigenvalue weighted by molar-refractivity contribution is -0.145. The van der Waals surface area contributed by atoms with Crippen molar-refractivity contribution in [2.75, 3.05) is 25.6 Å². The molecule has 266 valence electrons. The molecule has 0 spiro atoms. The van der Waals surface area contributed by atoms with Crippen molar-refractivity contribution in [2.24, 2.45) is 0 Å². The molecule has 13 nitrogen and oxygen atoms in total. The van der Waals surface area contributed by atoms with Crippen LogP contribution in [0.4, 0.5) is 10.5 Å². The van der Waals surface area contributed by atoms with E-state index in [-0.39, 0.29) is 25.8 Å². The van der Waals surface area contributed by atoms with Crippen molar-refractivity contribution < 1.29 is 38.1 Å². The Bertz CT molecular complexity index is 1520. The largest absolute Gasteiger partial charge is 0.497 e. The molecule has 3 amide bonds.